The molecule has 0 aliphatic rings. The van der Waals surface area contributed by atoms with Crippen LogP contribution in [0.25, 0.3) is 0 Å². The fourth-order valence-electron chi connectivity index (χ4n) is 2.27. The van der Waals surface area contributed by atoms with E-state index in [2.05, 4.69) is 25.3 Å². The van der Waals surface area contributed by atoms with E-state index in [1.165, 1.54) is 0 Å². The molecule has 2 aromatic rings. The average molecular weight is 410 g/mol. The van der Waals surface area contributed by atoms with Gasteiger partial charge >= 0.3 is 0 Å². The van der Waals surface area contributed by atoms with Crippen LogP contribution in [0.4, 0.5) is 0 Å². The summed E-state index contributed by atoms with van der Waals surface area (Å²) in [4.78, 5) is 8.12. The lowest BCUT2D eigenvalue weighted by molar-refractivity contribution is 0.580. The Hall–Kier alpha value is -2.16. The third kappa shape index (κ3) is 8.38. The SMILES string of the molecule is CN=C(NCCc1ccc(Cl)nc1)NCCS(=O)(=O)NCc1ccccc1. The molecular formula is C18H24ClN5O2S. The minimum atomic E-state index is -3.37. The van der Waals surface area contributed by atoms with Crippen LogP contribution in [0.1, 0.15) is 11.1 Å². The quantitative estimate of drug-likeness (QED) is 0.332. The van der Waals surface area contributed by atoms with Crippen LogP contribution in [-0.4, -0.2) is 45.3 Å². The van der Waals surface area contributed by atoms with Crippen LogP contribution in [0.15, 0.2) is 53.7 Å². The maximum absolute atomic E-state index is 12.1. The summed E-state index contributed by atoms with van der Waals surface area (Å²) in [6.07, 6.45) is 2.48. The molecule has 2 rings (SSSR count). The first kappa shape index (κ1) is 21.1. The lowest BCUT2D eigenvalue weighted by Gasteiger charge is -2.12. The van der Waals surface area contributed by atoms with E-state index in [4.69, 9.17) is 11.6 Å². The van der Waals surface area contributed by atoms with Crippen LogP contribution in [-0.2, 0) is 23.0 Å². The van der Waals surface area contributed by atoms with Gasteiger partial charge in [-0.2, -0.15) is 0 Å². The van der Waals surface area contributed by atoms with E-state index < -0.39 is 10.0 Å². The smallest absolute Gasteiger partial charge is 0.213 e. The minimum absolute atomic E-state index is 0.0400. The molecule has 0 atom stereocenters. The Labute approximate surface area is 165 Å². The van der Waals surface area contributed by atoms with E-state index in [0.29, 0.717) is 17.7 Å². The lowest BCUT2D eigenvalue weighted by atomic mass is 10.2. The second-order valence-corrected chi connectivity index (χ2v) is 8.10. The molecule has 1 heterocycles. The van der Waals surface area contributed by atoms with Crippen LogP contribution < -0.4 is 15.4 Å². The number of guanidine groups is 1. The molecule has 3 N–H and O–H groups in total. The van der Waals surface area contributed by atoms with E-state index in [0.717, 1.165) is 17.5 Å². The highest BCUT2D eigenvalue weighted by Crippen LogP contribution is 2.05. The molecule has 1 aromatic heterocycles. The first-order valence-corrected chi connectivity index (χ1v) is 10.6. The maximum Gasteiger partial charge on any atom is 0.213 e. The van der Waals surface area contributed by atoms with Crippen LogP contribution in [0.2, 0.25) is 5.15 Å². The third-order valence-electron chi connectivity index (χ3n) is 3.72. The van der Waals surface area contributed by atoms with E-state index in [1.54, 1.807) is 19.3 Å². The van der Waals surface area contributed by atoms with Crippen molar-refractivity contribution in [2.45, 2.75) is 13.0 Å². The number of rotatable bonds is 9. The first-order chi connectivity index (χ1) is 13.0. The zero-order valence-electron chi connectivity index (χ0n) is 15.2. The number of nitrogens with one attached hydrogen (secondary N) is 3. The maximum atomic E-state index is 12.1. The standard InChI is InChI=1S/C18H24ClN5O2S/c1-20-18(21-10-9-16-7-8-17(19)23-13-16)22-11-12-27(25,26)24-14-15-5-3-2-4-6-15/h2-8,13,24H,9-12,14H2,1H3,(H2,20,21,22). The van der Waals surface area contributed by atoms with Gasteiger partial charge in [-0.25, -0.2) is 18.1 Å². The van der Waals surface area contributed by atoms with Gasteiger partial charge in [-0.1, -0.05) is 48.0 Å². The zero-order valence-corrected chi connectivity index (χ0v) is 16.7. The van der Waals surface area contributed by atoms with Gasteiger partial charge in [0, 0.05) is 32.9 Å². The molecule has 0 spiro atoms. The first-order valence-electron chi connectivity index (χ1n) is 8.55. The summed E-state index contributed by atoms with van der Waals surface area (Å²) in [6.45, 7) is 1.18. The van der Waals surface area contributed by atoms with Crippen molar-refractivity contribution in [3.63, 3.8) is 0 Å². The summed E-state index contributed by atoms with van der Waals surface area (Å²) in [5.41, 5.74) is 1.97. The van der Waals surface area contributed by atoms with Crippen LogP contribution >= 0.6 is 11.6 Å². The monoisotopic (exact) mass is 409 g/mol. The molecule has 27 heavy (non-hydrogen) atoms. The van der Waals surface area contributed by atoms with E-state index >= 15 is 0 Å². The van der Waals surface area contributed by atoms with Gasteiger partial charge in [-0.05, 0) is 23.6 Å². The highest BCUT2D eigenvalue weighted by molar-refractivity contribution is 7.89. The van der Waals surface area contributed by atoms with Crippen molar-refractivity contribution in [2.75, 3.05) is 25.9 Å². The molecule has 7 nitrogen and oxygen atoms in total. The Bertz CT molecular complexity index is 827. The fourth-order valence-corrected chi connectivity index (χ4v) is 3.28. The predicted octanol–water partition coefficient (Wildman–Crippen LogP) is 1.56. The van der Waals surface area contributed by atoms with Crippen molar-refractivity contribution in [1.82, 2.24) is 20.3 Å². The van der Waals surface area contributed by atoms with E-state index in [-0.39, 0.29) is 18.8 Å². The second kappa shape index (κ2) is 10.9. The van der Waals surface area contributed by atoms with Crippen molar-refractivity contribution in [3.8, 4) is 0 Å². The van der Waals surface area contributed by atoms with Gasteiger partial charge in [-0.15, -0.1) is 0 Å². The second-order valence-electron chi connectivity index (χ2n) is 5.79. The third-order valence-corrected chi connectivity index (χ3v) is 5.27. The van der Waals surface area contributed by atoms with Gasteiger partial charge in [0.1, 0.15) is 5.15 Å². The summed E-state index contributed by atoms with van der Waals surface area (Å²) in [5.74, 6) is 0.511. The largest absolute Gasteiger partial charge is 0.356 e. The summed E-state index contributed by atoms with van der Waals surface area (Å²) in [7, 11) is -1.73. The van der Waals surface area contributed by atoms with Gasteiger partial charge in [0.2, 0.25) is 10.0 Å². The molecule has 0 unspecified atom stereocenters. The van der Waals surface area contributed by atoms with Gasteiger partial charge in [0.15, 0.2) is 5.96 Å². The zero-order chi connectivity index (χ0) is 19.5. The Morgan fingerprint density at radius 2 is 1.81 bits per heavy atom. The van der Waals surface area contributed by atoms with Crippen LogP contribution in [0.5, 0.6) is 0 Å². The van der Waals surface area contributed by atoms with E-state index in [9.17, 15) is 8.42 Å². The number of hydrogen-bond donors (Lipinski definition) is 3. The molecule has 0 aliphatic heterocycles. The molecule has 0 amide bonds. The topological polar surface area (TPSA) is 95.5 Å². The summed E-state index contributed by atoms with van der Waals surface area (Å²) in [5, 5.41) is 6.61. The number of pyridine rings is 1. The minimum Gasteiger partial charge on any atom is -0.356 e. The van der Waals surface area contributed by atoms with Crippen molar-refractivity contribution >= 4 is 27.6 Å². The summed E-state index contributed by atoms with van der Waals surface area (Å²) < 4.78 is 26.7. The number of aliphatic imine (C=N–C) groups is 1. The molecule has 0 radical (unpaired) electrons. The number of hydrogen-bond acceptors (Lipinski definition) is 4. The van der Waals surface area contributed by atoms with E-state index in [1.807, 2.05) is 36.4 Å². The molecule has 9 heteroatoms. The average Bonchev–Trinajstić information content (AvgIpc) is 2.67. The van der Waals surface area contributed by atoms with Crippen molar-refractivity contribution in [1.29, 1.82) is 0 Å². The van der Waals surface area contributed by atoms with Crippen LogP contribution in [0, 0.1) is 0 Å². The summed E-state index contributed by atoms with van der Waals surface area (Å²) in [6, 6.07) is 13.1. The molecule has 0 bridgehead atoms. The molecule has 1 aromatic carbocycles. The molecule has 0 aliphatic carbocycles. The van der Waals surface area contributed by atoms with Crippen molar-refractivity contribution in [3.05, 3.63) is 64.9 Å². The van der Waals surface area contributed by atoms with Gasteiger partial charge in [0.05, 0.1) is 5.75 Å². The van der Waals surface area contributed by atoms with Gasteiger partial charge < -0.3 is 10.6 Å². The lowest BCUT2D eigenvalue weighted by Crippen LogP contribution is -2.41. The molecule has 0 saturated heterocycles. The number of benzene rings is 1. The van der Waals surface area contributed by atoms with Gasteiger partial charge in [-0.3, -0.25) is 4.99 Å². The Morgan fingerprint density at radius 1 is 1.07 bits per heavy atom. The fraction of sp³-hybridized carbons (Fsp3) is 0.333. The predicted molar refractivity (Wildman–Crippen MR) is 109 cm³/mol. The molecular weight excluding hydrogens is 386 g/mol. The van der Waals surface area contributed by atoms with Gasteiger partial charge in [0.25, 0.3) is 0 Å². The molecule has 0 saturated carbocycles. The highest BCUT2D eigenvalue weighted by Gasteiger charge is 2.10. The number of sulfonamides is 1. The highest BCUT2D eigenvalue weighted by atomic mass is 35.5. The number of aromatic nitrogens is 1. The van der Waals surface area contributed by atoms with Crippen molar-refractivity contribution in [2.24, 2.45) is 4.99 Å². The van der Waals surface area contributed by atoms with Crippen molar-refractivity contribution < 1.29 is 8.42 Å². The Balaban J connectivity index is 1.68. The summed E-state index contributed by atoms with van der Waals surface area (Å²) >= 11 is 5.76. The number of nitrogens with zero attached hydrogens (tertiary/aromatic N) is 2. The Kier molecular flexibility index (Phi) is 8.50. The number of halogens is 1. The normalized spacial score (nSPS) is 12.0. The Morgan fingerprint density at radius 3 is 2.48 bits per heavy atom. The molecule has 0 fully saturated rings. The van der Waals surface area contributed by atoms with Crippen LogP contribution in [0.3, 0.4) is 0 Å². The molecule has 146 valence electrons.